The fourth-order valence-corrected chi connectivity index (χ4v) is 7.93. The summed E-state index contributed by atoms with van der Waals surface area (Å²) in [6, 6.07) is 10.7. The number of rotatable bonds is 6. The number of fused-ring (bicyclic) bond motifs is 3. The van der Waals surface area contributed by atoms with Crippen molar-refractivity contribution in [2.24, 2.45) is 5.41 Å². The fraction of sp³-hybridized carbons (Fsp3) is 0.438. The number of amides is 1. The molecule has 4 saturated heterocycles. The van der Waals surface area contributed by atoms with Crippen LogP contribution in [0.25, 0.3) is 11.0 Å². The van der Waals surface area contributed by atoms with Crippen molar-refractivity contribution in [1.82, 2.24) is 29.7 Å². The van der Waals surface area contributed by atoms with Gasteiger partial charge in [-0.15, -0.1) is 0 Å². The van der Waals surface area contributed by atoms with Crippen LogP contribution >= 0.6 is 0 Å². The highest BCUT2D eigenvalue weighted by Crippen LogP contribution is 2.44. The van der Waals surface area contributed by atoms with Crippen molar-refractivity contribution in [3.8, 4) is 11.5 Å². The van der Waals surface area contributed by atoms with Gasteiger partial charge in [-0.25, -0.2) is 19.2 Å². The van der Waals surface area contributed by atoms with E-state index in [2.05, 4.69) is 35.8 Å². The van der Waals surface area contributed by atoms with Crippen LogP contribution in [0.4, 0.5) is 10.2 Å². The topological polar surface area (TPSA) is 110 Å². The van der Waals surface area contributed by atoms with Crippen molar-refractivity contribution >= 4 is 22.8 Å². The molecule has 0 radical (unpaired) electrons. The van der Waals surface area contributed by atoms with E-state index in [4.69, 9.17) is 4.74 Å². The zero-order valence-corrected chi connectivity index (χ0v) is 23.9. The summed E-state index contributed by atoms with van der Waals surface area (Å²) in [7, 11) is 0. The number of H-pyrrole nitrogens is 2. The molecule has 2 aromatic heterocycles. The Morgan fingerprint density at radius 1 is 0.977 bits per heavy atom. The maximum atomic E-state index is 14.4. The van der Waals surface area contributed by atoms with Gasteiger partial charge in [0.05, 0.1) is 22.8 Å². The number of likely N-dealkylation sites (tertiary alicyclic amines) is 1. The minimum Gasteiger partial charge on any atom is -0.451 e. The molecule has 1 spiro atoms. The van der Waals surface area contributed by atoms with Crippen LogP contribution < -0.4 is 15.3 Å². The van der Waals surface area contributed by atoms with Gasteiger partial charge >= 0.3 is 5.69 Å². The maximum absolute atomic E-state index is 14.4. The Morgan fingerprint density at radius 3 is 2.60 bits per heavy atom. The first-order valence-corrected chi connectivity index (χ1v) is 15.2. The summed E-state index contributed by atoms with van der Waals surface area (Å²) in [5.74, 6) is 0.867. The average Bonchev–Trinajstić information content (AvgIpc) is 3.84. The third-order valence-electron chi connectivity index (χ3n) is 9.98. The molecule has 10 nitrogen and oxygen atoms in total. The lowest BCUT2D eigenvalue weighted by Gasteiger charge is -2.26. The van der Waals surface area contributed by atoms with E-state index >= 15 is 0 Å². The van der Waals surface area contributed by atoms with Crippen LogP contribution in [0, 0.1) is 11.2 Å². The summed E-state index contributed by atoms with van der Waals surface area (Å²) in [6.45, 7) is 4.48. The minimum atomic E-state index is -0.458. The molecule has 1 unspecified atom stereocenters. The number of hydrogen-bond acceptors (Lipinski definition) is 7. The predicted molar refractivity (Wildman–Crippen MR) is 159 cm³/mol. The van der Waals surface area contributed by atoms with E-state index in [0.29, 0.717) is 17.3 Å². The van der Waals surface area contributed by atoms with Gasteiger partial charge in [0.25, 0.3) is 5.91 Å². The van der Waals surface area contributed by atoms with Gasteiger partial charge in [-0.3, -0.25) is 9.69 Å². The minimum absolute atomic E-state index is 0.140. The van der Waals surface area contributed by atoms with Crippen molar-refractivity contribution in [2.75, 3.05) is 31.1 Å². The molecule has 4 aliphatic rings. The summed E-state index contributed by atoms with van der Waals surface area (Å²) in [6.07, 6.45) is 9.32. The van der Waals surface area contributed by atoms with E-state index < -0.39 is 5.82 Å². The molecule has 43 heavy (non-hydrogen) atoms. The first-order valence-electron chi connectivity index (χ1n) is 15.2. The Bertz CT molecular complexity index is 1750. The van der Waals surface area contributed by atoms with Crippen LogP contribution in [0.2, 0.25) is 0 Å². The van der Waals surface area contributed by atoms with Crippen LogP contribution in [-0.4, -0.2) is 73.9 Å². The van der Waals surface area contributed by atoms with Crippen molar-refractivity contribution in [3.63, 3.8) is 0 Å². The Kier molecular flexibility index (Phi) is 6.25. The predicted octanol–water partition coefficient (Wildman–Crippen LogP) is 4.45. The zero-order valence-electron chi connectivity index (χ0n) is 23.9. The molecule has 4 fully saturated rings. The highest BCUT2D eigenvalue weighted by atomic mass is 19.1. The van der Waals surface area contributed by atoms with Crippen molar-refractivity contribution in [3.05, 3.63) is 76.4 Å². The van der Waals surface area contributed by atoms with E-state index in [-0.39, 0.29) is 34.7 Å². The summed E-state index contributed by atoms with van der Waals surface area (Å²) in [4.78, 5) is 46.4. The number of nitrogens with one attached hydrogen (secondary N) is 2. The number of hydrogen-bond donors (Lipinski definition) is 2. The van der Waals surface area contributed by atoms with E-state index in [1.165, 1.54) is 30.1 Å². The lowest BCUT2D eigenvalue weighted by Crippen LogP contribution is -2.35. The first kappa shape index (κ1) is 26.4. The van der Waals surface area contributed by atoms with E-state index in [1.54, 1.807) is 6.20 Å². The molecule has 8 rings (SSSR count). The third kappa shape index (κ3) is 4.75. The molecule has 0 aliphatic carbocycles. The SMILES string of the molecule is O=C(c1cc(F)ccc1Oc1cncnc1N1CCC2(CCN(Cc3ccc4[nH]c(=O)[nH]c4c3)C2)C1)N1[C@H]2CC[C@@H]1CC2. The van der Waals surface area contributed by atoms with Crippen molar-refractivity contribution in [1.29, 1.82) is 0 Å². The van der Waals surface area contributed by atoms with Gasteiger partial charge in [0, 0.05) is 43.7 Å². The van der Waals surface area contributed by atoms with Crippen LogP contribution in [0.1, 0.15) is 54.4 Å². The molecule has 2 aromatic carbocycles. The number of carbonyl (C=O) groups is 1. The smallest absolute Gasteiger partial charge is 0.323 e. The Labute approximate surface area is 247 Å². The number of benzene rings is 2. The molecule has 4 aromatic rings. The lowest BCUT2D eigenvalue weighted by atomic mass is 9.86. The zero-order chi connectivity index (χ0) is 29.1. The second kappa shape index (κ2) is 10.2. The van der Waals surface area contributed by atoms with Crippen LogP contribution in [-0.2, 0) is 6.54 Å². The number of anilines is 1. The van der Waals surface area contributed by atoms with Gasteiger partial charge < -0.3 is 24.5 Å². The molecule has 1 atom stereocenters. The van der Waals surface area contributed by atoms with E-state index in [1.807, 2.05) is 17.0 Å². The molecule has 4 aliphatic heterocycles. The van der Waals surface area contributed by atoms with Crippen molar-refractivity contribution in [2.45, 2.75) is 57.2 Å². The quantitative estimate of drug-likeness (QED) is 0.345. The Hall–Kier alpha value is -4.25. The molecule has 0 saturated carbocycles. The molecule has 11 heteroatoms. The average molecular weight is 584 g/mol. The second-order valence-corrected chi connectivity index (χ2v) is 12.7. The largest absolute Gasteiger partial charge is 0.451 e. The monoisotopic (exact) mass is 583 g/mol. The third-order valence-corrected chi connectivity index (χ3v) is 9.98. The van der Waals surface area contributed by atoms with Crippen LogP contribution in [0.3, 0.4) is 0 Å². The van der Waals surface area contributed by atoms with Crippen LogP contribution in [0.15, 0.2) is 53.7 Å². The van der Waals surface area contributed by atoms with E-state index in [9.17, 15) is 14.0 Å². The van der Waals surface area contributed by atoms with Gasteiger partial charge in [0.15, 0.2) is 11.6 Å². The van der Waals surface area contributed by atoms with Gasteiger partial charge in [0.1, 0.15) is 17.9 Å². The van der Waals surface area contributed by atoms with E-state index in [0.717, 1.165) is 82.3 Å². The fourth-order valence-electron chi connectivity index (χ4n) is 7.93. The molecule has 1 amide bonds. The van der Waals surface area contributed by atoms with Gasteiger partial charge in [-0.2, -0.15) is 0 Å². The highest BCUT2D eigenvalue weighted by molar-refractivity contribution is 5.98. The van der Waals surface area contributed by atoms with Gasteiger partial charge in [0.2, 0.25) is 0 Å². The van der Waals surface area contributed by atoms with Gasteiger partial charge in [-0.1, -0.05) is 6.07 Å². The normalized spacial score (nSPS) is 25.0. The molecule has 6 heterocycles. The highest BCUT2D eigenvalue weighted by Gasteiger charge is 2.45. The lowest BCUT2D eigenvalue weighted by molar-refractivity contribution is 0.0726. The van der Waals surface area contributed by atoms with Crippen molar-refractivity contribution < 1.29 is 13.9 Å². The number of halogens is 1. The molecule has 222 valence electrons. The number of nitrogens with zero attached hydrogens (tertiary/aromatic N) is 5. The Morgan fingerprint density at radius 2 is 1.77 bits per heavy atom. The Balaban J connectivity index is 0.987. The first-order chi connectivity index (χ1) is 20.9. The van der Waals surface area contributed by atoms with Gasteiger partial charge in [-0.05, 0) is 81.0 Å². The second-order valence-electron chi connectivity index (χ2n) is 12.7. The summed E-state index contributed by atoms with van der Waals surface area (Å²) in [5, 5.41) is 0. The molecule has 2 N–H and O–H groups in total. The number of carbonyl (C=O) groups excluding carboxylic acids is 1. The maximum Gasteiger partial charge on any atom is 0.323 e. The number of aromatic nitrogens is 4. The number of aromatic amines is 2. The summed E-state index contributed by atoms with van der Waals surface area (Å²) < 4.78 is 20.7. The standard InChI is InChI=1S/C32H34FN7O3/c33-21-2-8-27(24(14-21)30(41)40-22-3-4-23(40)6-5-22)43-28-15-34-19-35-29(28)39-12-10-32(18-39)9-11-38(17-32)16-20-1-7-25-26(13-20)37-31(42)36-25/h1-2,7-8,13-15,19,22-23H,3-6,9-12,16-18H2,(H2,36,37,42)/t22-,23+,32?. The summed E-state index contributed by atoms with van der Waals surface area (Å²) >= 11 is 0. The van der Waals surface area contributed by atoms with Crippen LogP contribution in [0.5, 0.6) is 11.5 Å². The number of imidazole rings is 1. The molecular weight excluding hydrogens is 549 g/mol. The molecule has 2 bridgehead atoms. The number of ether oxygens (including phenoxy) is 1. The summed E-state index contributed by atoms with van der Waals surface area (Å²) in [5.41, 5.74) is 3.03. The molecular formula is C32H34FN7O3.